The monoisotopic (exact) mass is 285 g/mol. The first-order valence-corrected chi connectivity index (χ1v) is 7.69. The molecule has 1 aromatic carbocycles. The van der Waals surface area contributed by atoms with Crippen LogP contribution < -0.4 is 5.32 Å². The van der Waals surface area contributed by atoms with Crippen LogP contribution in [0.3, 0.4) is 0 Å². The predicted molar refractivity (Wildman–Crippen MR) is 84.1 cm³/mol. The number of carbonyl (C=O) groups is 1. The lowest BCUT2D eigenvalue weighted by Gasteiger charge is -2.25. The zero-order valence-electron chi connectivity index (χ0n) is 12.6. The summed E-state index contributed by atoms with van der Waals surface area (Å²) in [5, 5.41) is 11.7. The third kappa shape index (κ3) is 4.61. The highest BCUT2D eigenvalue weighted by Gasteiger charge is 2.17. The number of aryl methyl sites for hydroxylation is 1. The Morgan fingerprint density at radius 3 is 2.86 bits per heavy atom. The summed E-state index contributed by atoms with van der Waals surface area (Å²) in [5.41, 5.74) is 2.59. The second-order valence-corrected chi connectivity index (χ2v) is 5.65. The molecule has 1 fully saturated rings. The number of benzene rings is 1. The summed E-state index contributed by atoms with van der Waals surface area (Å²) in [6.07, 6.45) is 5.54. The summed E-state index contributed by atoms with van der Waals surface area (Å²) >= 11 is 0. The van der Waals surface area contributed by atoms with Crippen molar-refractivity contribution >= 4 is 5.91 Å². The second-order valence-electron chi connectivity index (χ2n) is 5.65. The number of hydrogen-bond acceptors (Lipinski definition) is 2. The molecule has 1 saturated carbocycles. The molecule has 0 unspecified atom stereocenters. The summed E-state index contributed by atoms with van der Waals surface area (Å²) in [4.78, 5) is 12.1. The van der Waals surface area contributed by atoms with E-state index in [9.17, 15) is 4.79 Å². The summed E-state index contributed by atoms with van der Waals surface area (Å²) in [7, 11) is 0. The van der Waals surface area contributed by atoms with Crippen LogP contribution >= 0.6 is 0 Å². The van der Waals surface area contributed by atoms with Gasteiger partial charge in [0, 0.05) is 24.1 Å². The third-order valence-electron chi connectivity index (χ3n) is 4.01. The summed E-state index contributed by atoms with van der Waals surface area (Å²) < 4.78 is 0. The molecule has 112 valence electrons. The minimum atomic E-state index is -0.00714. The van der Waals surface area contributed by atoms with E-state index in [1.54, 1.807) is 0 Å². The van der Waals surface area contributed by atoms with Crippen molar-refractivity contribution in [1.29, 1.82) is 0 Å². The normalized spacial score (nSPS) is 14.0. The number of amides is 1. The highest BCUT2D eigenvalue weighted by molar-refractivity contribution is 5.94. The van der Waals surface area contributed by atoms with Crippen molar-refractivity contribution in [3.05, 3.63) is 34.9 Å². The first-order valence-electron chi connectivity index (χ1n) is 7.69. The molecule has 0 heterocycles. The second kappa shape index (κ2) is 7.85. The van der Waals surface area contributed by atoms with Crippen molar-refractivity contribution in [2.45, 2.75) is 39.0 Å². The van der Waals surface area contributed by atoms with Gasteiger partial charge in [-0.2, -0.15) is 0 Å². The molecule has 3 heteroatoms. The molecule has 2 N–H and O–H groups in total. The number of carbonyl (C=O) groups excluding carboxylic acids is 1. The molecule has 0 bridgehead atoms. The Hall–Kier alpha value is -1.79. The maximum absolute atomic E-state index is 12.1. The van der Waals surface area contributed by atoms with Gasteiger partial charge in [-0.25, -0.2) is 0 Å². The van der Waals surface area contributed by atoms with Gasteiger partial charge in [0.15, 0.2) is 0 Å². The zero-order chi connectivity index (χ0) is 15.1. The molecular formula is C18H23NO2. The van der Waals surface area contributed by atoms with Crippen LogP contribution in [0.1, 0.15) is 53.6 Å². The van der Waals surface area contributed by atoms with Gasteiger partial charge in [-0.1, -0.05) is 31.1 Å². The lowest BCUT2D eigenvalue weighted by molar-refractivity contribution is 0.0949. The number of rotatable bonds is 5. The molecule has 3 nitrogen and oxygen atoms in total. The fourth-order valence-electron chi connectivity index (χ4n) is 2.43. The van der Waals surface area contributed by atoms with E-state index in [0.717, 1.165) is 30.0 Å². The van der Waals surface area contributed by atoms with Gasteiger partial charge in [0.2, 0.25) is 0 Å². The van der Waals surface area contributed by atoms with Crippen LogP contribution in [0, 0.1) is 24.7 Å². The van der Waals surface area contributed by atoms with Crippen LogP contribution in [0.4, 0.5) is 0 Å². The Labute approximate surface area is 126 Å². The molecule has 0 radical (unpaired) electrons. The molecule has 0 atom stereocenters. The molecule has 21 heavy (non-hydrogen) atoms. The summed E-state index contributed by atoms with van der Waals surface area (Å²) in [5.74, 6) is 6.72. The summed E-state index contributed by atoms with van der Waals surface area (Å²) in [6.45, 7) is 2.79. The Kier molecular flexibility index (Phi) is 5.83. The molecule has 0 saturated heterocycles. The predicted octanol–water partition coefficient (Wildman–Crippen LogP) is 2.65. The Morgan fingerprint density at radius 2 is 2.24 bits per heavy atom. The fourth-order valence-corrected chi connectivity index (χ4v) is 2.43. The van der Waals surface area contributed by atoms with Crippen molar-refractivity contribution in [2.75, 3.05) is 13.2 Å². The quantitative estimate of drug-likeness (QED) is 0.817. The number of hydrogen-bond donors (Lipinski definition) is 2. The molecule has 0 aromatic heterocycles. The maximum atomic E-state index is 12.1. The third-order valence-corrected chi connectivity index (χ3v) is 4.01. The molecule has 0 aliphatic heterocycles. The SMILES string of the molecule is Cc1cc(C(=O)NCCC2CCC2)ccc1C#CCCO. The Balaban J connectivity index is 1.89. The first-order chi connectivity index (χ1) is 10.2. The Morgan fingerprint density at radius 1 is 1.43 bits per heavy atom. The topological polar surface area (TPSA) is 49.3 Å². The molecular weight excluding hydrogens is 262 g/mol. The van der Waals surface area contributed by atoms with E-state index in [1.165, 1.54) is 19.3 Å². The van der Waals surface area contributed by atoms with Crippen molar-refractivity contribution in [1.82, 2.24) is 5.32 Å². The zero-order valence-corrected chi connectivity index (χ0v) is 12.6. The molecule has 1 aliphatic rings. The number of aliphatic hydroxyl groups excluding tert-OH is 1. The van der Waals surface area contributed by atoms with Gasteiger partial charge in [0.1, 0.15) is 0 Å². The van der Waals surface area contributed by atoms with E-state index in [2.05, 4.69) is 17.2 Å². The van der Waals surface area contributed by atoms with Crippen molar-refractivity contribution in [2.24, 2.45) is 5.92 Å². The minimum absolute atomic E-state index is 0.00714. The molecule has 1 aliphatic carbocycles. The van der Waals surface area contributed by atoms with Crippen molar-refractivity contribution in [3.63, 3.8) is 0 Å². The van der Waals surface area contributed by atoms with Gasteiger partial charge in [-0.15, -0.1) is 0 Å². The highest BCUT2D eigenvalue weighted by atomic mass is 16.2. The van der Waals surface area contributed by atoms with Crippen LogP contribution in [0.2, 0.25) is 0 Å². The smallest absolute Gasteiger partial charge is 0.251 e. The number of aliphatic hydroxyl groups is 1. The maximum Gasteiger partial charge on any atom is 0.251 e. The molecule has 2 rings (SSSR count). The minimum Gasteiger partial charge on any atom is -0.395 e. The number of nitrogens with one attached hydrogen (secondary N) is 1. The fraction of sp³-hybridized carbons (Fsp3) is 0.500. The van der Waals surface area contributed by atoms with Crippen molar-refractivity contribution < 1.29 is 9.90 Å². The lowest BCUT2D eigenvalue weighted by atomic mass is 9.83. The van der Waals surface area contributed by atoms with Gasteiger partial charge >= 0.3 is 0 Å². The molecule has 1 aromatic rings. The van der Waals surface area contributed by atoms with Crippen LogP contribution in [0.15, 0.2) is 18.2 Å². The van der Waals surface area contributed by atoms with E-state index < -0.39 is 0 Å². The molecule has 1 amide bonds. The van der Waals surface area contributed by atoms with E-state index in [4.69, 9.17) is 5.11 Å². The van der Waals surface area contributed by atoms with Crippen LogP contribution in [0.25, 0.3) is 0 Å². The van der Waals surface area contributed by atoms with Crippen LogP contribution in [-0.2, 0) is 0 Å². The van der Waals surface area contributed by atoms with E-state index in [-0.39, 0.29) is 12.5 Å². The molecule has 0 spiro atoms. The van der Waals surface area contributed by atoms with Gasteiger partial charge in [0.25, 0.3) is 5.91 Å². The largest absolute Gasteiger partial charge is 0.395 e. The van der Waals surface area contributed by atoms with E-state index in [1.807, 2.05) is 25.1 Å². The van der Waals surface area contributed by atoms with Gasteiger partial charge in [0.05, 0.1) is 6.61 Å². The van der Waals surface area contributed by atoms with E-state index in [0.29, 0.717) is 12.0 Å². The summed E-state index contributed by atoms with van der Waals surface area (Å²) in [6, 6.07) is 5.57. The average molecular weight is 285 g/mol. The first kappa shape index (κ1) is 15.6. The average Bonchev–Trinajstić information content (AvgIpc) is 2.43. The van der Waals surface area contributed by atoms with E-state index >= 15 is 0 Å². The lowest BCUT2D eigenvalue weighted by Crippen LogP contribution is -2.27. The van der Waals surface area contributed by atoms with Crippen molar-refractivity contribution in [3.8, 4) is 11.8 Å². The standard InChI is InChI=1S/C18H23NO2/c1-14-13-17(9-8-16(14)7-2-3-12-20)18(21)19-11-10-15-5-4-6-15/h8-9,13,15,20H,3-6,10-12H2,1H3,(H,19,21). The highest BCUT2D eigenvalue weighted by Crippen LogP contribution is 2.28. The van der Waals surface area contributed by atoms with Gasteiger partial charge in [-0.3, -0.25) is 4.79 Å². The van der Waals surface area contributed by atoms with Gasteiger partial charge in [-0.05, 0) is 43.0 Å². The van der Waals surface area contributed by atoms with Crippen LogP contribution in [-0.4, -0.2) is 24.2 Å². The van der Waals surface area contributed by atoms with Gasteiger partial charge < -0.3 is 10.4 Å². The Bertz CT molecular complexity index is 550. The van der Waals surface area contributed by atoms with Crippen LogP contribution in [0.5, 0.6) is 0 Å².